The third-order valence-corrected chi connectivity index (χ3v) is 8.71. The van der Waals surface area contributed by atoms with Crippen LogP contribution in [0.4, 0.5) is 0 Å². The highest BCUT2D eigenvalue weighted by Crippen LogP contribution is 2.55. The second kappa shape index (κ2) is 10.9. The van der Waals surface area contributed by atoms with Gasteiger partial charge in [0.15, 0.2) is 23.1 Å². The molecule has 1 aliphatic heterocycles. The molecular weight excluding hydrogens is 554 g/mol. The van der Waals surface area contributed by atoms with E-state index in [0.29, 0.717) is 47.1 Å². The van der Waals surface area contributed by atoms with E-state index in [4.69, 9.17) is 21.1 Å². The van der Waals surface area contributed by atoms with Gasteiger partial charge in [0.2, 0.25) is 0 Å². The lowest BCUT2D eigenvalue weighted by molar-refractivity contribution is -0.119. The number of hydrogen-bond acceptors (Lipinski definition) is 6. The highest BCUT2D eigenvalue weighted by molar-refractivity contribution is 6.32. The molecule has 222 valence electrons. The summed E-state index contributed by atoms with van der Waals surface area (Å²) in [4.78, 5) is 41.0. The van der Waals surface area contributed by atoms with Crippen molar-refractivity contribution in [2.75, 3.05) is 13.7 Å². The molecule has 8 heteroatoms. The number of carbonyl (C=O) groups is 3. The number of allylic oxidation sites excluding steroid dienone is 4. The van der Waals surface area contributed by atoms with Crippen LogP contribution in [-0.2, 0) is 16.2 Å². The Kier molecular flexibility index (Phi) is 7.77. The summed E-state index contributed by atoms with van der Waals surface area (Å²) < 4.78 is 12.1. The number of carbonyl (C=O) groups excluding carboxylic acids is 2. The summed E-state index contributed by atoms with van der Waals surface area (Å²) in [5.41, 5.74) is 4.63. The fourth-order valence-electron chi connectivity index (χ4n) is 6.55. The maximum Gasteiger partial charge on any atom is 0.335 e. The number of aromatic carboxylic acids is 1. The van der Waals surface area contributed by atoms with E-state index in [1.54, 1.807) is 18.2 Å². The zero-order chi connectivity index (χ0) is 30.6. The molecule has 2 aliphatic carbocycles. The van der Waals surface area contributed by atoms with Crippen LogP contribution in [0.1, 0.15) is 87.7 Å². The number of nitrogens with zero attached hydrogens (tertiary/aromatic N) is 1. The van der Waals surface area contributed by atoms with Crippen molar-refractivity contribution in [3.05, 3.63) is 80.7 Å². The highest BCUT2D eigenvalue weighted by Gasteiger charge is 2.48. The Morgan fingerprint density at radius 3 is 1.98 bits per heavy atom. The smallest absolute Gasteiger partial charge is 0.335 e. The lowest BCUT2D eigenvalue weighted by Gasteiger charge is -2.48. The number of carboxylic acid groups (broad SMARTS) is 1. The third kappa shape index (κ3) is 5.59. The molecule has 0 saturated heterocycles. The maximum atomic E-state index is 13.8. The molecule has 0 amide bonds. The van der Waals surface area contributed by atoms with E-state index in [0.717, 1.165) is 35.4 Å². The first-order valence-corrected chi connectivity index (χ1v) is 14.8. The molecule has 5 rings (SSSR count). The number of carboxylic acids is 1. The Labute approximate surface area is 252 Å². The van der Waals surface area contributed by atoms with Gasteiger partial charge in [-0.05, 0) is 66.0 Å². The molecule has 1 N–H and O–H groups in total. The topological polar surface area (TPSA) is 93.1 Å². The molecule has 1 heterocycles. The van der Waals surface area contributed by atoms with Crippen molar-refractivity contribution in [2.45, 2.75) is 72.8 Å². The Hall–Kier alpha value is -3.58. The summed E-state index contributed by atoms with van der Waals surface area (Å²) in [7, 11) is 1.99. The molecule has 2 aromatic rings. The summed E-state index contributed by atoms with van der Waals surface area (Å²) in [6.07, 6.45) is 2.29. The van der Waals surface area contributed by atoms with E-state index in [2.05, 4.69) is 32.6 Å². The molecule has 0 fully saturated rings. The second-order valence-corrected chi connectivity index (χ2v) is 13.6. The van der Waals surface area contributed by atoms with Crippen LogP contribution in [0.2, 0.25) is 5.02 Å². The summed E-state index contributed by atoms with van der Waals surface area (Å²) >= 11 is 6.87. The average Bonchev–Trinajstić information content (AvgIpc) is 2.88. The Morgan fingerprint density at radius 2 is 1.48 bits per heavy atom. The van der Waals surface area contributed by atoms with Crippen LogP contribution in [0, 0.1) is 10.8 Å². The zero-order valence-electron chi connectivity index (χ0n) is 25.1. The first-order chi connectivity index (χ1) is 19.7. The second-order valence-electron chi connectivity index (χ2n) is 13.1. The molecule has 0 atom stereocenters. The van der Waals surface area contributed by atoms with Crippen molar-refractivity contribution in [1.29, 1.82) is 0 Å². The lowest BCUT2D eigenvalue weighted by atomic mass is 9.63. The molecule has 0 radical (unpaired) electrons. The molecule has 2 aromatic carbocycles. The van der Waals surface area contributed by atoms with E-state index in [-0.39, 0.29) is 34.6 Å². The molecule has 0 spiro atoms. The number of benzene rings is 2. The number of hydrogen-bond donors (Lipinski definition) is 1. The summed E-state index contributed by atoms with van der Waals surface area (Å²) in [6.45, 7) is 10.8. The van der Waals surface area contributed by atoms with Gasteiger partial charge >= 0.3 is 5.97 Å². The zero-order valence-corrected chi connectivity index (χ0v) is 25.9. The van der Waals surface area contributed by atoms with Gasteiger partial charge < -0.3 is 19.5 Å². The fraction of sp³-hybridized carbons (Fsp3) is 0.441. The van der Waals surface area contributed by atoms with Crippen LogP contribution in [0.5, 0.6) is 11.5 Å². The highest BCUT2D eigenvalue weighted by atomic mass is 35.5. The van der Waals surface area contributed by atoms with Gasteiger partial charge in [0, 0.05) is 48.3 Å². The van der Waals surface area contributed by atoms with Crippen LogP contribution >= 0.6 is 11.6 Å². The van der Waals surface area contributed by atoms with E-state index < -0.39 is 11.9 Å². The Morgan fingerprint density at radius 1 is 0.929 bits per heavy atom. The monoisotopic (exact) mass is 591 g/mol. The number of halogens is 1. The van der Waals surface area contributed by atoms with Crippen LogP contribution in [-0.4, -0.2) is 41.2 Å². The largest absolute Gasteiger partial charge is 0.490 e. The summed E-state index contributed by atoms with van der Waals surface area (Å²) in [5, 5.41) is 9.49. The van der Waals surface area contributed by atoms with Crippen LogP contribution in [0.25, 0.3) is 0 Å². The minimum absolute atomic E-state index is 0.0569. The summed E-state index contributed by atoms with van der Waals surface area (Å²) in [5.74, 6) is -0.633. The number of ether oxygens (including phenoxy) is 2. The Balaban J connectivity index is 1.60. The molecule has 0 unspecified atom stereocenters. The minimum atomic E-state index is -0.995. The number of ketones is 2. The van der Waals surface area contributed by atoms with E-state index in [1.807, 2.05) is 20.0 Å². The van der Waals surface area contributed by atoms with Crippen molar-refractivity contribution in [3.63, 3.8) is 0 Å². The van der Waals surface area contributed by atoms with Crippen molar-refractivity contribution < 1.29 is 29.0 Å². The SMILES string of the molecule is CCOc1cc(C2C3=C(CC(C)(C)CC3=O)N(C)C3=C2C(=O)CC(C)(C)C3)cc(Cl)c1OCc1ccc(C(=O)O)cc1. The van der Waals surface area contributed by atoms with E-state index >= 15 is 0 Å². The molecular formula is C34H38ClNO6. The van der Waals surface area contributed by atoms with Gasteiger partial charge in [-0.2, -0.15) is 0 Å². The van der Waals surface area contributed by atoms with Gasteiger partial charge in [0.05, 0.1) is 17.2 Å². The molecule has 0 saturated carbocycles. The van der Waals surface area contributed by atoms with Crippen molar-refractivity contribution >= 4 is 29.1 Å². The predicted octanol–water partition coefficient (Wildman–Crippen LogP) is 7.33. The van der Waals surface area contributed by atoms with Gasteiger partial charge in [-0.15, -0.1) is 0 Å². The minimum Gasteiger partial charge on any atom is -0.490 e. The van der Waals surface area contributed by atoms with Gasteiger partial charge in [0.25, 0.3) is 0 Å². The van der Waals surface area contributed by atoms with Crippen molar-refractivity contribution in [1.82, 2.24) is 4.90 Å². The van der Waals surface area contributed by atoms with E-state index in [9.17, 15) is 19.5 Å². The van der Waals surface area contributed by atoms with Crippen LogP contribution in [0.3, 0.4) is 0 Å². The summed E-state index contributed by atoms with van der Waals surface area (Å²) in [6, 6.07) is 10.1. The predicted molar refractivity (Wildman–Crippen MR) is 161 cm³/mol. The number of rotatable bonds is 7. The fourth-order valence-corrected chi connectivity index (χ4v) is 6.83. The molecule has 3 aliphatic rings. The van der Waals surface area contributed by atoms with E-state index in [1.165, 1.54) is 12.1 Å². The van der Waals surface area contributed by atoms with Gasteiger partial charge in [-0.1, -0.05) is 51.4 Å². The molecule has 0 bridgehead atoms. The average molecular weight is 592 g/mol. The third-order valence-electron chi connectivity index (χ3n) is 8.43. The molecule has 42 heavy (non-hydrogen) atoms. The van der Waals surface area contributed by atoms with Crippen molar-refractivity contribution in [2.24, 2.45) is 10.8 Å². The van der Waals surface area contributed by atoms with Gasteiger partial charge in [-0.3, -0.25) is 9.59 Å². The van der Waals surface area contributed by atoms with Gasteiger partial charge in [-0.25, -0.2) is 4.79 Å². The molecule has 7 nitrogen and oxygen atoms in total. The standard InChI is InChI=1S/C34H38ClNO6/c1-7-41-27-13-21(12-22(35)31(27)42-18-19-8-10-20(11-9-19)32(39)40)28-29-23(14-33(2,3)16-25(29)37)36(6)24-15-34(4,5)17-26(38)30(24)28/h8-13,28H,7,14-18H2,1-6H3,(H,39,40). The van der Waals surface area contributed by atoms with Gasteiger partial charge in [0.1, 0.15) is 6.61 Å². The quantitative estimate of drug-likeness (QED) is 0.360. The van der Waals surface area contributed by atoms with Crippen LogP contribution < -0.4 is 9.47 Å². The number of Topliss-reactive ketones (excluding diaryl/α,β-unsaturated/α-hetero) is 2. The normalized spacial score (nSPS) is 19.9. The van der Waals surface area contributed by atoms with Crippen LogP contribution in [0.15, 0.2) is 58.9 Å². The first-order valence-electron chi connectivity index (χ1n) is 14.4. The Bertz CT molecular complexity index is 1480. The first kappa shape index (κ1) is 29.9. The maximum absolute atomic E-state index is 13.8. The molecule has 0 aromatic heterocycles. The lowest BCUT2D eigenvalue weighted by Crippen LogP contribution is -2.43. The van der Waals surface area contributed by atoms with Crippen molar-refractivity contribution in [3.8, 4) is 11.5 Å².